The van der Waals surface area contributed by atoms with Gasteiger partial charge < -0.3 is 10.8 Å². The number of carboxylic acid groups (broad SMARTS) is 1. The second-order valence-corrected chi connectivity index (χ2v) is 6.35. The van der Waals surface area contributed by atoms with Crippen molar-refractivity contribution in [3.05, 3.63) is 71.3 Å². The number of ketones is 2. The van der Waals surface area contributed by atoms with Crippen LogP contribution in [0.5, 0.6) is 0 Å². The highest BCUT2D eigenvalue weighted by Gasteiger charge is 2.18. The third-order valence-corrected chi connectivity index (χ3v) is 4.42. The number of hydrogen-bond acceptors (Lipinski definition) is 4. The molecule has 2 aromatic carbocycles. The van der Waals surface area contributed by atoms with Crippen LogP contribution in [-0.2, 0) is 9.59 Å². The van der Waals surface area contributed by atoms with Gasteiger partial charge in [0.15, 0.2) is 5.78 Å². The van der Waals surface area contributed by atoms with Crippen LogP contribution in [0.3, 0.4) is 0 Å². The summed E-state index contributed by atoms with van der Waals surface area (Å²) in [6, 6.07) is 15.1. The van der Waals surface area contributed by atoms with Crippen molar-refractivity contribution in [2.45, 2.75) is 38.1 Å². The van der Waals surface area contributed by atoms with E-state index in [1.807, 2.05) is 24.3 Å². The fraction of sp³-hybridized carbons (Fsp3) is 0.286. The Morgan fingerprint density at radius 2 is 1.65 bits per heavy atom. The number of benzene rings is 2. The van der Waals surface area contributed by atoms with Gasteiger partial charge in [0.05, 0.1) is 0 Å². The Morgan fingerprint density at radius 3 is 2.31 bits per heavy atom. The molecule has 1 unspecified atom stereocenters. The molecule has 0 aliphatic heterocycles. The first-order chi connectivity index (χ1) is 12.4. The molecule has 5 heteroatoms. The third-order valence-electron chi connectivity index (χ3n) is 4.42. The van der Waals surface area contributed by atoms with E-state index < -0.39 is 12.0 Å². The quantitative estimate of drug-likeness (QED) is 0.675. The molecule has 136 valence electrons. The molecule has 0 heterocycles. The zero-order valence-electron chi connectivity index (χ0n) is 14.7. The van der Waals surface area contributed by atoms with E-state index in [2.05, 4.69) is 0 Å². The molecular formula is C21H23NO4. The highest BCUT2D eigenvalue weighted by atomic mass is 16.4. The molecule has 2 aromatic rings. The zero-order valence-corrected chi connectivity index (χ0v) is 14.7. The minimum Gasteiger partial charge on any atom is -0.480 e. The fourth-order valence-corrected chi connectivity index (χ4v) is 2.73. The Kier molecular flexibility index (Phi) is 6.81. The third kappa shape index (κ3) is 5.10. The summed E-state index contributed by atoms with van der Waals surface area (Å²) in [7, 11) is 0. The van der Waals surface area contributed by atoms with E-state index >= 15 is 0 Å². The second kappa shape index (κ2) is 9.06. The van der Waals surface area contributed by atoms with Crippen LogP contribution in [0.2, 0.25) is 0 Å². The summed E-state index contributed by atoms with van der Waals surface area (Å²) in [5.41, 5.74) is 7.37. The summed E-state index contributed by atoms with van der Waals surface area (Å²) in [4.78, 5) is 35.6. The van der Waals surface area contributed by atoms with E-state index in [-0.39, 0.29) is 30.3 Å². The summed E-state index contributed by atoms with van der Waals surface area (Å²) in [5, 5.41) is 8.77. The predicted molar refractivity (Wildman–Crippen MR) is 99.2 cm³/mol. The van der Waals surface area contributed by atoms with Gasteiger partial charge in [-0.1, -0.05) is 55.5 Å². The molecule has 0 saturated heterocycles. The maximum Gasteiger partial charge on any atom is 0.320 e. The monoisotopic (exact) mass is 353 g/mol. The van der Waals surface area contributed by atoms with Crippen LogP contribution in [0.15, 0.2) is 54.6 Å². The van der Waals surface area contributed by atoms with Crippen LogP contribution in [-0.4, -0.2) is 28.7 Å². The van der Waals surface area contributed by atoms with E-state index in [0.717, 1.165) is 5.56 Å². The van der Waals surface area contributed by atoms with Crippen LogP contribution < -0.4 is 5.73 Å². The standard InChI is InChI=1S/C21H23NO4/c1-14(19(23)12-6-11-18(22)21(25)26)16-9-5-10-17(13-16)20(24)15-7-3-2-4-8-15/h2-5,7-10,13-14,18H,6,11-12,22H2,1H3,(H,25,26)/t14?,18-/m0/s1. The molecule has 0 aliphatic carbocycles. The molecule has 0 radical (unpaired) electrons. The molecular weight excluding hydrogens is 330 g/mol. The van der Waals surface area contributed by atoms with Crippen LogP contribution in [0.4, 0.5) is 0 Å². The lowest BCUT2D eigenvalue weighted by Crippen LogP contribution is -2.30. The van der Waals surface area contributed by atoms with Gasteiger partial charge in [-0.15, -0.1) is 0 Å². The van der Waals surface area contributed by atoms with Crippen LogP contribution in [0.25, 0.3) is 0 Å². The van der Waals surface area contributed by atoms with Gasteiger partial charge in [0, 0.05) is 23.5 Å². The molecule has 5 nitrogen and oxygen atoms in total. The van der Waals surface area contributed by atoms with Gasteiger partial charge in [-0.25, -0.2) is 0 Å². The Bertz CT molecular complexity index is 786. The Balaban J connectivity index is 2.03. The van der Waals surface area contributed by atoms with Crippen LogP contribution in [0, 0.1) is 0 Å². The van der Waals surface area contributed by atoms with Gasteiger partial charge in [0.25, 0.3) is 0 Å². The average molecular weight is 353 g/mol. The van der Waals surface area contributed by atoms with Gasteiger partial charge in [-0.05, 0) is 24.5 Å². The minimum absolute atomic E-state index is 0.00639. The van der Waals surface area contributed by atoms with Crippen molar-refractivity contribution in [2.24, 2.45) is 5.73 Å². The first-order valence-corrected chi connectivity index (χ1v) is 8.61. The maximum atomic E-state index is 12.5. The normalized spacial score (nSPS) is 13.0. The molecule has 0 bridgehead atoms. The molecule has 0 aromatic heterocycles. The van der Waals surface area contributed by atoms with Crippen LogP contribution >= 0.6 is 0 Å². The summed E-state index contributed by atoms with van der Waals surface area (Å²) >= 11 is 0. The number of Topliss-reactive ketones (excluding diaryl/α,β-unsaturated/α-hetero) is 1. The van der Waals surface area contributed by atoms with Gasteiger partial charge in [-0.2, -0.15) is 0 Å². The van der Waals surface area contributed by atoms with Crippen molar-refractivity contribution in [1.82, 2.24) is 0 Å². The number of carbonyl (C=O) groups excluding carboxylic acids is 2. The smallest absolute Gasteiger partial charge is 0.320 e. The van der Waals surface area contributed by atoms with E-state index in [1.165, 1.54) is 0 Å². The minimum atomic E-state index is -1.06. The number of nitrogens with two attached hydrogens (primary N) is 1. The molecule has 0 saturated carbocycles. The molecule has 0 amide bonds. The van der Waals surface area contributed by atoms with Gasteiger partial charge in [0.1, 0.15) is 11.8 Å². The molecule has 2 rings (SSSR count). The number of aliphatic carboxylic acids is 1. The summed E-state index contributed by atoms with van der Waals surface area (Å²) in [6.07, 6.45) is 0.957. The average Bonchev–Trinajstić information content (AvgIpc) is 2.67. The molecule has 0 spiro atoms. The van der Waals surface area contributed by atoms with Crippen molar-refractivity contribution in [2.75, 3.05) is 0 Å². The lowest BCUT2D eigenvalue weighted by Gasteiger charge is -2.13. The Labute approximate surface area is 152 Å². The molecule has 2 atom stereocenters. The molecule has 3 N–H and O–H groups in total. The molecule has 26 heavy (non-hydrogen) atoms. The van der Waals surface area contributed by atoms with Crippen molar-refractivity contribution in [3.63, 3.8) is 0 Å². The van der Waals surface area contributed by atoms with E-state index in [1.54, 1.807) is 37.3 Å². The largest absolute Gasteiger partial charge is 0.480 e. The first kappa shape index (κ1) is 19.5. The lowest BCUT2D eigenvalue weighted by atomic mass is 9.91. The second-order valence-electron chi connectivity index (χ2n) is 6.35. The lowest BCUT2D eigenvalue weighted by molar-refractivity contribution is -0.138. The zero-order chi connectivity index (χ0) is 19.1. The van der Waals surface area contributed by atoms with Gasteiger partial charge in [0.2, 0.25) is 0 Å². The van der Waals surface area contributed by atoms with Gasteiger partial charge >= 0.3 is 5.97 Å². The predicted octanol–water partition coefficient (Wildman–Crippen LogP) is 3.17. The van der Waals surface area contributed by atoms with Crippen LogP contribution in [0.1, 0.15) is 53.6 Å². The van der Waals surface area contributed by atoms with Crippen molar-refractivity contribution in [3.8, 4) is 0 Å². The fourth-order valence-electron chi connectivity index (χ4n) is 2.73. The van der Waals surface area contributed by atoms with E-state index in [9.17, 15) is 14.4 Å². The highest BCUT2D eigenvalue weighted by Crippen LogP contribution is 2.21. The summed E-state index contributed by atoms with van der Waals surface area (Å²) in [6.45, 7) is 1.80. The Morgan fingerprint density at radius 1 is 1.00 bits per heavy atom. The van der Waals surface area contributed by atoms with Crippen molar-refractivity contribution < 1.29 is 19.5 Å². The van der Waals surface area contributed by atoms with E-state index in [4.69, 9.17) is 10.8 Å². The number of carboxylic acids is 1. The molecule has 0 aliphatic rings. The van der Waals surface area contributed by atoms with E-state index in [0.29, 0.717) is 17.5 Å². The highest BCUT2D eigenvalue weighted by molar-refractivity contribution is 6.09. The summed E-state index contributed by atoms with van der Waals surface area (Å²) < 4.78 is 0. The van der Waals surface area contributed by atoms with Gasteiger partial charge in [-0.3, -0.25) is 14.4 Å². The first-order valence-electron chi connectivity index (χ1n) is 8.61. The topological polar surface area (TPSA) is 97.5 Å². The summed E-state index contributed by atoms with van der Waals surface area (Å²) in [5.74, 6) is -1.50. The SMILES string of the molecule is CC(C(=O)CCC[C@H](N)C(=O)O)c1cccc(C(=O)c2ccccc2)c1. The van der Waals surface area contributed by atoms with Crippen molar-refractivity contribution >= 4 is 17.5 Å². The molecule has 0 fully saturated rings. The number of carbonyl (C=O) groups is 3. The number of hydrogen-bond donors (Lipinski definition) is 2. The maximum absolute atomic E-state index is 12.5. The Hall–Kier alpha value is -2.79. The number of rotatable bonds is 9. The van der Waals surface area contributed by atoms with Crippen molar-refractivity contribution in [1.29, 1.82) is 0 Å².